The zero-order valence-corrected chi connectivity index (χ0v) is 11.1. The number of rotatable bonds is 2. The molecule has 1 unspecified atom stereocenters. The van der Waals surface area contributed by atoms with Gasteiger partial charge in [-0.2, -0.15) is 0 Å². The van der Waals surface area contributed by atoms with E-state index in [2.05, 4.69) is 47.8 Å². The van der Waals surface area contributed by atoms with Crippen LogP contribution < -0.4 is 5.32 Å². The van der Waals surface area contributed by atoms with Crippen LogP contribution >= 0.6 is 0 Å². The summed E-state index contributed by atoms with van der Waals surface area (Å²) < 4.78 is 5.61. The van der Waals surface area contributed by atoms with E-state index >= 15 is 0 Å². The summed E-state index contributed by atoms with van der Waals surface area (Å²) in [6, 6.07) is 16.0. The highest BCUT2D eigenvalue weighted by Crippen LogP contribution is 2.41. The fraction of sp³-hybridized carbons (Fsp3) is 0.412. The number of fused-ring (bicyclic) bond motifs is 1. The van der Waals surface area contributed by atoms with Crippen molar-refractivity contribution in [2.45, 2.75) is 24.3 Å². The van der Waals surface area contributed by atoms with Gasteiger partial charge in [-0.25, -0.2) is 0 Å². The molecule has 2 saturated heterocycles. The number of benzene rings is 2. The van der Waals surface area contributed by atoms with Crippen molar-refractivity contribution in [3.63, 3.8) is 0 Å². The fourth-order valence-corrected chi connectivity index (χ4v) is 3.68. The Kier molecular flexibility index (Phi) is 2.61. The number of nitrogens with one attached hydrogen (secondary N) is 1. The highest BCUT2D eigenvalue weighted by atomic mass is 16.5. The van der Waals surface area contributed by atoms with Gasteiger partial charge in [-0.15, -0.1) is 0 Å². The van der Waals surface area contributed by atoms with Crippen LogP contribution in [-0.2, 0) is 10.2 Å². The molecule has 0 amide bonds. The van der Waals surface area contributed by atoms with E-state index in [4.69, 9.17) is 4.74 Å². The molecule has 0 bridgehead atoms. The molecule has 0 aromatic heterocycles. The molecule has 98 valence electrons. The van der Waals surface area contributed by atoms with Gasteiger partial charge in [0.1, 0.15) is 0 Å². The summed E-state index contributed by atoms with van der Waals surface area (Å²) >= 11 is 0. The third-order valence-corrected chi connectivity index (χ3v) is 4.77. The zero-order chi connectivity index (χ0) is 12.7. The predicted molar refractivity (Wildman–Crippen MR) is 77.5 cm³/mol. The van der Waals surface area contributed by atoms with E-state index < -0.39 is 0 Å². The summed E-state index contributed by atoms with van der Waals surface area (Å²) in [7, 11) is 0. The molecule has 2 aromatic carbocycles. The molecule has 19 heavy (non-hydrogen) atoms. The zero-order valence-electron chi connectivity index (χ0n) is 11.1. The van der Waals surface area contributed by atoms with Crippen molar-refractivity contribution in [3.05, 3.63) is 48.0 Å². The first kappa shape index (κ1) is 11.4. The van der Waals surface area contributed by atoms with Crippen LogP contribution in [0.4, 0.5) is 0 Å². The average molecular weight is 253 g/mol. The highest BCUT2D eigenvalue weighted by Gasteiger charge is 2.48. The minimum Gasteiger partial charge on any atom is -0.379 e. The Morgan fingerprint density at radius 2 is 1.89 bits per heavy atom. The fourth-order valence-electron chi connectivity index (χ4n) is 3.68. The molecule has 0 aliphatic carbocycles. The number of hydrogen-bond acceptors (Lipinski definition) is 2. The van der Waals surface area contributed by atoms with Gasteiger partial charge in [0.25, 0.3) is 0 Å². The van der Waals surface area contributed by atoms with Crippen molar-refractivity contribution in [1.29, 1.82) is 0 Å². The summed E-state index contributed by atoms with van der Waals surface area (Å²) in [5.41, 5.74) is 1.66. The van der Waals surface area contributed by atoms with E-state index in [-0.39, 0.29) is 5.41 Å². The first-order valence-corrected chi connectivity index (χ1v) is 7.19. The Balaban J connectivity index is 1.88. The van der Waals surface area contributed by atoms with Gasteiger partial charge < -0.3 is 10.1 Å². The SMILES string of the molecule is c1ccc2c(C3(C4CCCN4)COC3)cccc2c1. The maximum atomic E-state index is 5.61. The minimum absolute atomic E-state index is 0.192. The number of hydrogen-bond donors (Lipinski definition) is 1. The third-order valence-electron chi connectivity index (χ3n) is 4.77. The molecule has 1 N–H and O–H groups in total. The Labute approximate surface area is 113 Å². The van der Waals surface area contributed by atoms with E-state index in [1.165, 1.54) is 29.2 Å². The number of ether oxygens (including phenoxy) is 1. The van der Waals surface area contributed by atoms with Gasteiger partial charge in [-0.1, -0.05) is 42.5 Å². The predicted octanol–water partition coefficient (Wildman–Crippen LogP) is 2.86. The molecule has 2 aliphatic rings. The van der Waals surface area contributed by atoms with Crippen molar-refractivity contribution < 1.29 is 4.74 Å². The second-order valence-corrected chi connectivity index (χ2v) is 5.82. The standard InChI is InChI=1S/C17H19NO/c1-2-7-14-13(5-1)6-3-8-15(14)17(11-19-12-17)16-9-4-10-18-16/h1-3,5-8,16,18H,4,9-12H2. The molecule has 2 heterocycles. The maximum absolute atomic E-state index is 5.61. The topological polar surface area (TPSA) is 21.3 Å². The highest BCUT2D eigenvalue weighted by molar-refractivity contribution is 5.87. The normalized spacial score (nSPS) is 25.4. The summed E-state index contributed by atoms with van der Waals surface area (Å²) in [5.74, 6) is 0. The molecule has 0 spiro atoms. The average Bonchev–Trinajstić information content (AvgIpc) is 2.92. The largest absolute Gasteiger partial charge is 0.379 e. The lowest BCUT2D eigenvalue weighted by Gasteiger charge is -2.47. The van der Waals surface area contributed by atoms with Gasteiger partial charge in [0.05, 0.1) is 18.6 Å². The van der Waals surface area contributed by atoms with Gasteiger partial charge in [-0.05, 0) is 35.7 Å². The Morgan fingerprint density at radius 3 is 2.63 bits per heavy atom. The van der Waals surface area contributed by atoms with E-state index in [9.17, 15) is 0 Å². The van der Waals surface area contributed by atoms with Crippen LogP contribution in [0, 0.1) is 0 Å². The Hall–Kier alpha value is -1.38. The third kappa shape index (κ3) is 1.63. The molecule has 2 aliphatic heterocycles. The van der Waals surface area contributed by atoms with Gasteiger partial charge in [0.2, 0.25) is 0 Å². The Bertz CT molecular complexity index is 592. The Morgan fingerprint density at radius 1 is 1.05 bits per heavy atom. The first-order valence-electron chi connectivity index (χ1n) is 7.19. The van der Waals surface area contributed by atoms with Gasteiger partial charge in [0.15, 0.2) is 0 Å². The van der Waals surface area contributed by atoms with Crippen LogP contribution in [0.2, 0.25) is 0 Å². The second kappa shape index (κ2) is 4.32. The summed E-state index contributed by atoms with van der Waals surface area (Å²) in [4.78, 5) is 0. The lowest BCUT2D eigenvalue weighted by atomic mass is 9.70. The summed E-state index contributed by atoms with van der Waals surface area (Å²) in [6.45, 7) is 2.87. The summed E-state index contributed by atoms with van der Waals surface area (Å²) in [6.07, 6.45) is 2.56. The van der Waals surface area contributed by atoms with E-state index in [1.807, 2.05) is 0 Å². The van der Waals surface area contributed by atoms with Crippen LogP contribution in [-0.4, -0.2) is 25.8 Å². The first-order chi connectivity index (χ1) is 9.40. The molecule has 4 rings (SSSR count). The molecule has 2 heteroatoms. The van der Waals surface area contributed by atoms with Crippen LogP contribution in [0.1, 0.15) is 18.4 Å². The van der Waals surface area contributed by atoms with Gasteiger partial charge in [0, 0.05) is 6.04 Å². The van der Waals surface area contributed by atoms with Crippen molar-refractivity contribution in [3.8, 4) is 0 Å². The molecular weight excluding hydrogens is 234 g/mol. The van der Waals surface area contributed by atoms with Crippen LogP contribution in [0.15, 0.2) is 42.5 Å². The quantitative estimate of drug-likeness (QED) is 0.888. The maximum Gasteiger partial charge on any atom is 0.0601 e. The summed E-state index contributed by atoms with van der Waals surface area (Å²) in [5, 5.41) is 6.41. The minimum atomic E-state index is 0.192. The molecule has 2 aromatic rings. The second-order valence-electron chi connectivity index (χ2n) is 5.82. The van der Waals surface area contributed by atoms with Crippen LogP contribution in [0.3, 0.4) is 0 Å². The van der Waals surface area contributed by atoms with Crippen molar-refractivity contribution in [1.82, 2.24) is 5.32 Å². The van der Waals surface area contributed by atoms with E-state index in [1.54, 1.807) is 0 Å². The molecular formula is C17H19NO. The molecule has 0 radical (unpaired) electrons. The van der Waals surface area contributed by atoms with Crippen molar-refractivity contribution in [2.75, 3.05) is 19.8 Å². The molecule has 0 saturated carbocycles. The molecule has 2 nitrogen and oxygen atoms in total. The lowest BCUT2D eigenvalue weighted by Crippen LogP contribution is -2.58. The van der Waals surface area contributed by atoms with E-state index in [0.29, 0.717) is 6.04 Å². The van der Waals surface area contributed by atoms with Crippen LogP contribution in [0.25, 0.3) is 10.8 Å². The van der Waals surface area contributed by atoms with Crippen LogP contribution in [0.5, 0.6) is 0 Å². The molecule has 1 atom stereocenters. The van der Waals surface area contributed by atoms with Crippen molar-refractivity contribution >= 4 is 10.8 Å². The molecule has 2 fully saturated rings. The lowest BCUT2D eigenvalue weighted by molar-refractivity contribution is -0.0753. The van der Waals surface area contributed by atoms with Crippen molar-refractivity contribution in [2.24, 2.45) is 0 Å². The monoisotopic (exact) mass is 253 g/mol. The van der Waals surface area contributed by atoms with E-state index in [0.717, 1.165) is 19.8 Å². The smallest absolute Gasteiger partial charge is 0.0601 e. The van der Waals surface area contributed by atoms with Gasteiger partial charge in [-0.3, -0.25) is 0 Å². The van der Waals surface area contributed by atoms with Gasteiger partial charge >= 0.3 is 0 Å².